The third-order valence-corrected chi connectivity index (χ3v) is 11.4. The first-order chi connectivity index (χ1) is 35.7. The van der Waals surface area contributed by atoms with Crippen LogP contribution in [-0.4, -0.2) is 67.8 Å². The lowest BCUT2D eigenvalue weighted by Gasteiger charge is -2.07. The zero-order valence-electron chi connectivity index (χ0n) is 44.0. The number of benzene rings is 5. The van der Waals surface area contributed by atoms with E-state index < -0.39 is 22.4 Å². The Bertz CT molecular complexity index is 3630. The molecule has 20 nitrogen and oxygen atoms in total. The Balaban J connectivity index is 0.000000210. The number of nitro groups is 1. The van der Waals surface area contributed by atoms with Gasteiger partial charge in [-0.15, -0.1) is 0 Å². The monoisotopic (exact) mass is 1040 g/mol. The minimum atomic E-state index is -1.33. The number of hydrogen-bond acceptors (Lipinski definition) is 9. The van der Waals surface area contributed by atoms with Crippen molar-refractivity contribution in [2.75, 3.05) is 5.32 Å². The van der Waals surface area contributed by atoms with Crippen molar-refractivity contribution in [1.82, 2.24) is 28.2 Å². The number of fused-ring (bicyclic) bond motifs is 2. The van der Waals surface area contributed by atoms with Crippen molar-refractivity contribution in [3.8, 4) is 22.5 Å². The number of nitro benzene ring substituents is 1. The molecule has 76 heavy (non-hydrogen) atoms. The molecular weight excluding hydrogens is 978 g/mol. The fourth-order valence-corrected chi connectivity index (χ4v) is 8.11. The van der Waals surface area contributed by atoms with Gasteiger partial charge in [0.2, 0.25) is 23.6 Å². The number of ketones is 1. The molecule has 8 aromatic rings. The number of nitrogens with two attached hydrogens (primary N) is 2. The van der Waals surface area contributed by atoms with E-state index in [0.29, 0.717) is 48.9 Å². The van der Waals surface area contributed by atoms with Crippen molar-refractivity contribution in [3.63, 3.8) is 0 Å². The first-order valence-corrected chi connectivity index (χ1v) is 24.0. The lowest BCUT2D eigenvalue weighted by Crippen LogP contribution is -2.24. The van der Waals surface area contributed by atoms with Crippen LogP contribution in [0, 0.1) is 41.6 Å². The number of aliphatic imine (C=N–C) groups is 1. The van der Waals surface area contributed by atoms with Crippen molar-refractivity contribution >= 4 is 63.2 Å². The lowest BCUT2D eigenvalue weighted by molar-refractivity contribution is -0.387. The quantitative estimate of drug-likeness (QED) is 0.0254. The van der Waals surface area contributed by atoms with Gasteiger partial charge in [0.25, 0.3) is 0 Å². The molecule has 0 saturated heterocycles. The van der Waals surface area contributed by atoms with Gasteiger partial charge in [0.05, 0.1) is 43.9 Å². The van der Waals surface area contributed by atoms with Gasteiger partial charge in [-0.2, -0.15) is 9.38 Å². The Hall–Kier alpha value is -9.27. The van der Waals surface area contributed by atoms with Crippen LogP contribution in [0.15, 0.2) is 118 Å². The summed E-state index contributed by atoms with van der Waals surface area (Å²) in [5.74, 6) is -1.93. The number of aromatic carboxylic acids is 1. The largest absolute Gasteiger partial charge is 0.478 e. The third-order valence-electron chi connectivity index (χ3n) is 11.4. The van der Waals surface area contributed by atoms with E-state index in [1.54, 1.807) is 27.8 Å². The lowest BCUT2D eigenvalue weighted by atomic mass is 10.0. The van der Waals surface area contributed by atoms with Crippen molar-refractivity contribution in [2.45, 2.75) is 74.9 Å². The molecule has 7 N–H and O–H groups in total. The van der Waals surface area contributed by atoms with E-state index in [9.17, 15) is 43.3 Å². The van der Waals surface area contributed by atoms with Crippen LogP contribution in [0.2, 0.25) is 0 Å². The van der Waals surface area contributed by atoms with E-state index in [4.69, 9.17) is 16.6 Å². The zero-order chi connectivity index (χ0) is 56.3. The number of halogens is 1. The van der Waals surface area contributed by atoms with Crippen molar-refractivity contribution < 1.29 is 33.6 Å². The highest BCUT2D eigenvalue weighted by Crippen LogP contribution is 2.34. The molecule has 0 bridgehead atoms. The Morgan fingerprint density at radius 1 is 0.750 bits per heavy atom. The van der Waals surface area contributed by atoms with Crippen molar-refractivity contribution in [1.29, 1.82) is 0 Å². The molecule has 0 radical (unpaired) electrons. The number of Topliss-reactive ketones (excluding diaryl/α,β-unsaturated/α-hetero) is 1. The molecule has 0 fully saturated rings. The van der Waals surface area contributed by atoms with Gasteiger partial charge in [-0.25, -0.2) is 19.4 Å². The number of aromatic amines is 1. The molecule has 0 unspecified atom stereocenters. The van der Waals surface area contributed by atoms with Crippen LogP contribution in [0.5, 0.6) is 0 Å². The summed E-state index contributed by atoms with van der Waals surface area (Å²) in [6, 6.07) is 30.0. The van der Waals surface area contributed by atoms with E-state index in [2.05, 4.69) is 54.0 Å². The minimum Gasteiger partial charge on any atom is -0.478 e. The number of guanidine groups is 1. The second-order valence-electron chi connectivity index (χ2n) is 18.8. The number of anilines is 1. The molecule has 0 atom stereocenters. The Labute approximate surface area is 436 Å². The molecule has 3 heterocycles. The van der Waals surface area contributed by atoms with Gasteiger partial charge in [-0.1, -0.05) is 87.4 Å². The summed E-state index contributed by atoms with van der Waals surface area (Å²) < 4.78 is 19.6. The normalized spacial score (nSPS) is 10.8. The Kier molecular flexibility index (Phi) is 19.0. The maximum atomic E-state index is 12.8. The van der Waals surface area contributed by atoms with Crippen LogP contribution < -0.4 is 28.2 Å². The summed E-state index contributed by atoms with van der Waals surface area (Å²) in [6.07, 6.45) is 0.369. The Morgan fingerprint density at radius 3 is 1.80 bits per heavy atom. The minimum absolute atomic E-state index is 0.0247. The van der Waals surface area contributed by atoms with Crippen molar-refractivity contribution in [2.24, 2.45) is 42.4 Å². The molecule has 0 spiro atoms. The van der Waals surface area contributed by atoms with Crippen LogP contribution in [0.4, 0.5) is 16.0 Å². The van der Waals surface area contributed by atoms with Gasteiger partial charge < -0.3 is 21.6 Å². The molecule has 0 aliphatic carbocycles. The van der Waals surface area contributed by atoms with E-state index in [1.165, 1.54) is 13.8 Å². The van der Waals surface area contributed by atoms with Crippen LogP contribution >= 0.6 is 0 Å². The van der Waals surface area contributed by atoms with Crippen LogP contribution in [-0.2, 0) is 43.2 Å². The number of amides is 2. The van der Waals surface area contributed by atoms with E-state index in [1.807, 2.05) is 97.3 Å². The highest BCUT2D eigenvalue weighted by molar-refractivity contribution is 6.00. The maximum absolute atomic E-state index is 12.8. The summed E-state index contributed by atoms with van der Waals surface area (Å²) in [5.41, 5.74) is 19.2. The van der Waals surface area contributed by atoms with E-state index >= 15 is 0 Å². The second kappa shape index (κ2) is 25.1. The summed E-state index contributed by atoms with van der Waals surface area (Å²) in [6.45, 7) is 16.5. The van der Waals surface area contributed by atoms with Gasteiger partial charge >= 0.3 is 23.0 Å². The fraction of sp³-hybridized carbons (Fsp3) is 0.273. The van der Waals surface area contributed by atoms with E-state index in [-0.39, 0.29) is 40.5 Å². The second-order valence-corrected chi connectivity index (χ2v) is 18.8. The topological polar surface area (TPSA) is 291 Å². The first kappa shape index (κ1) is 57.6. The number of aromatic nitrogens is 6. The van der Waals surface area contributed by atoms with Gasteiger partial charge in [-0.05, 0) is 79.8 Å². The summed E-state index contributed by atoms with van der Waals surface area (Å²) >= 11 is 0. The molecule has 398 valence electrons. The highest BCUT2D eigenvalue weighted by Gasteiger charge is 2.20. The average Bonchev–Trinajstić information content (AvgIpc) is 3.94. The molecule has 0 saturated carbocycles. The van der Waals surface area contributed by atoms with Crippen LogP contribution in [0.1, 0.15) is 78.9 Å². The molecule has 0 aliphatic heterocycles. The standard InChI is InChI=1S/C24H27N5O2.C21H24N2O2.C7H4FNO4.C3H7N3O/c1-14(2)13-29-19-10-9-18(12-20(19)28(5)24(29)31)22-21(17-8-6-7-15(3)11-17)26-23(27-22)25-16(4)30;1-14(2)13-23-18-9-8-17(12-19(18)22(4)21(23)25)20(24)11-16-7-5-6-15(3)10-16;8-5-2-1-4(7(10)11)3-6(5)9(12)13;1-2(7)6-3(4)5/h6-12,14H,13H2,1-5H3,(H2,25,26,27,30);5-10,12,14H,11,13H2,1-4H3;1-3H,(H,10,11);1H3,(H4,4,5,6,7). The SMILES string of the molecule is CC(=O)N=C(N)N.CC(=O)Nc1nc(-c2cccc(C)c2)c(-c2ccc3c(c2)n(C)c(=O)n3CC(C)C)[nH]1.Cc1cccc(CC(=O)c2ccc3c(c2)n(C)c(=O)n3CC(C)C)c1.O=C(O)c1ccc(F)c([N+](=O)[O-])c1. The number of hydrogen-bond donors (Lipinski definition) is 5. The summed E-state index contributed by atoms with van der Waals surface area (Å²) in [5, 5.41) is 21.3. The number of carbonyl (C=O) groups is 4. The molecule has 21 heteroatoms. The summed E-state index contributed by atoms with van der Waals surface area (Å²) in [4.78, 5) is 90.0. The van der Waals surface area contributed by atoms with E-state index in [0.717, 1.165) is 73.4 Å². The molecular formula is C55H62FN11O9. The van der Waals surface area contributed by atoms with Crippen LogP contribution in [0.25, 0.3) is 44.6 Å². The van der Waals surface area contributed by atoms with Gasteiger partial charge in [0, 0.05) is 70.2 Å². The van der Waals surface area contributed by atoms with Gasteiger partial charge in [-0.3, -0.25) is 48.1 Å². The van der Waals surface area contributed by atoms with Gasteiger partial charge in [0.1, 0.15) is 0 Å². The Morgan fingerprint density at radius 2 is 1.30 bits per heavy atom. The molecule has 5 aromatic carbocycles. The zero-order valence-corrected chi connectivity index (χ0v) is 44.0. The number of nitrogens with zero attached hydrogens (tertiary/aromatic N) is 7. The number of H-pyrrole nitrogens is 1. The smallest absolute Gasteiger partial charge is 0.335 e. The highest BCUT2D eigenvalue weighted by atomic mass is 19.1. The van der Waals surface area contributed by atoms with Crippen LogP contribution in [0.3, 0.4) is 0 Å². The number of carbonyl (C=O) groups excluding carboxylic acids is 3. The maximum Gasteiger partial charge on any atom is 0.335 e. The molecule has 2 amide bonds. The number of nitrogens with one attached hydrogen (secondary N) is 2. The van der Waals surface area contributed by atoms with Crippen molar-refractivity contribution in [3.05, 3.63) is 168 Å². The van der Waals surface area contributed by atoms with Gasteiger partial charge in [0.15, 0.2) is 11.7 Å². The molecule has 8 rings (SSSR count). The number of carboxylic acid groups (broad SMARTS) is 1. The molecule has 3 aromatic heterocycles. The average molecular weight is 1040 g/mol. The molecule has 0 aliphatic rings. The third kappa shape index (κ3) is 14.7. The number of carboxylic acids is 1. The number of rotatable bonds is 12. The first-order valence-electron chi connectivity index (χ1n) is 24.0. The number of aryl methyl sites for hydroxylation is 4. The summed E-state index contributed by atoms with van der Waals surface area (Å²) in [7, 11) is 3.55. The number of imidazole rings is 3. The predicted octanol–water partition coefficient (Wildman–Crippen LogP) is 8.29. The fourth-order valence-electron chi connectivity index (χ4n) is 8.11. The predicted molar refractivity (Wildman–Crippen MR) is 292 cm³/mol.